The summed E-state index contributed by atoms with van der Waals surface area (Å²) in [6.07, 6.45) is 14.9. The fourth-order valence-electron chi connectivity index (χ4n) is 9.76. The average Bonchev–Trinajstić information content (AvgIpc) is 3.42. The summed E-state index contributed by atoms with van der Waals surface area (Å²) >= 11 is 0. The zero-order chi connectivity index (χ0) is 22.1. The van der Waals surface area contributed by atoms with Gasteiger partial charge in [-0.1, -0.05) is 59.6 Å². The Morgan fingerprint density at radius 1 is 1.03 bits per heavy atom. The Kier molecular flexibility index (Phi) is 5.70. The Bertz CT molecular complexity index is 712. The summed E-state index contributed by atoms with van der Waals surface area (Å²) in [6, 6.07) is 0. The first kappa shape index (κ1) is 22.5. The van der Waals surface area contributed by atoms with Crippen LogP contribution in [0.5, 0.6) is 0 Å². The molecule has 2 nitrogen and oxygen atoms in total. The van der Waals surface area contributed by atoms with Crippen molar-refractivity contribution in [3.05, 3.63) is 11.6 Å². The van der Waals surface area contributed by atoms with Crippen molar-refractivity contribution in [1.82, 2.24) is 0 Å². The van der Waals surface area contributed by atoms with E-state index < -0.39 is 0 Å². The van der Waals surface area contributed by atoms with Crippen LogP contribution in [-0.4, -0.2) is 23.4 Å². The minimum absolute atomic E-state index is 0.0919. The predicted molar refractivity (Wildman–Crippen MR) is 128 cm³/mol. The van der Waals surface area contributed by atoms with Crippen LogP contribution in [0.2, 0.25) is 0 Å². The van der Waals surface area contributed by atoms with Gasteiger partial charge in [0.1, 0.15) is 0 Å². The number of hydrogen-bond acceptors (Lipinski definition) is 2. The highest BCUT2D eigenvalue weighted by molar-refractivity contribution is 5.25. The summed E-state index contributed by atoms with van der Waals surface area (Å²) in [6.45, 7) is 14.9. The van der Waals surface area contributed by atoms with Crippen molar-refractivity contribution in [3.63, 3.8) is 0 Å². The van der Waals surface area contributed by atoms with E-state index in [1.807, 2.05) is 0 Å². The number of aliphatic hydroxyl groups is 1. The van der Waals surface area contributed by atoms with E-state index in [4.69, 9.17) is 4.74 Å². The minimum atomic E-state index is -0.0919. The van der Waals surface area contributed by atoms with E-state index in [0.717, 1.165) is 48.3 Å². The molecule has 31 heavy (non-hydrogen) atoms. The van der Waals surface area contributed by atoms with E-state index in [1.165, 1.54) is 44.9 Å². The minimum Gasteiger partial charge on any atom is -0.393 e. The van der Waals surface area contributed by atoms with E-state index >= 15 is 0 Å². The van der Waals surface area contributed by atoms with Crippen LogP contribution in [0.25, 0.3) is 0 Å². The zero-order valence-electron chi connectivity index (χ0n) is 21.1. The molecule has 0 bridgehead atoms. The maximum Gasteiger partial charge on any atom is 0.0875 e. The van der Waals surface area contributed by atoms with Gasteiger partial charge in [-0.2, -0.15) is 0 Å². The Balaban J connectivity index is 1.33. The van der Waals surface area contributed by atoms with Gasteiger partial charge < -0.3 is 9.84 Å². The van der Waals surface area contributed by atoms with Crippen LogP contribution in [0.15, 0.2) is 11.6 Å². The third-order valence-electron chi connectivity index (χ3n) is 11.6. The SMILES string of the molecule is CCC(C(C)C)[C@@H]1O[C@H]1C(C)[C@H]1CC[C@H]2[C@@H]3CC=C4C[C@@H](O)CC[C@]4(C)[C@H]3CC[C@]12C. The molecule has 0 amide bonds. The third-order valence-corrected chi connectivity index (χ3v) is 11.6. The van der Waals surface area contributed by atoms with Crippen LogP contribution in [0.3, 0.4) is 0 Å². The van der Waals surface area contributed by atoms with Crippen molar-refractivity contribution < 1.29 is 9.84 Å². The second-order valence-electron chi connectivity index (χ2n) is 13.1. The molecule has 1 N–H and O–H groups in total. The Labute approximate surface area is 191 Å². The molecule has 1 saturated heterocycles. The van der Waals surface area contributed by atoms with Crippen LogP contribution in [-0.2, 0) is 4.74 Å². The molecule has 1 heterocycles. The van der Waals surface area contributed by atoms with Crippen molar-refractivity contribution in [1.29, 1.82) is 0 Å². The van der Waals surface area contributed by atoms with Crippen LogP contribution >= 0.6 is 0 Å². The topological polar surface area (TPSA) is 32.8 Å². The summed E-state index contributed by atoms with van der Waals surface area (Å²) in [7, 11) is 0. The number of hydrogen-bond donors (Lipinski definition) is 1. The Hall–Kier alpha value is -0.340. The number of allylic oxidation sites excluding steroid dienone is 1. The van der Waals surface area contributed by atoms with Gasteiger partial charge in [0, 0.05) is 0 Å². The molecule has 5 rings (SSSR count). The molecular weight excluding hydrogens is 380 g/mol. The van der Waals surface area contributed by atoms with E-state index in [0.29, 0.717) is 29.0 Å². The fraction of sp³-hybridized carbons (Fsp3) is 0.931. The van der Waals surface area contributed by atoms with Crippen LogP contribution in [0.4, 0.5) is 0 Å². The van der Waals surface area contributed by atoms with Gasteiger partial charge in [-0.05, 0) is 104 Å². The monoisotopic (exact) mass is 428 g/mol. The Morgan fingerprint density at radius 2 is 1.81 bits per heavy atom. The molecule has 4 aliphatic carbocycles. The van der Waals surface area contributed by atoms with E-state index in [9.17, 15) is 5.11 Å². The van der Waals surface area contributed by atoms with Gasteiger partial charge in [-0.3, -0.25) is 0 Å². The normalized spacial score (nSPS) is 50.8. The number of aliphatic hydroxyl groups excluding tert-OH is 1. The van der Waals surface area contributed by atoms with Crippen molar-refractivity contribution in [2.75, 3.05) is 0 Å². The molecule has 0 spiro atoms. The lowest BCUT2D eigenvalue weighted by atomic mass is 9.47. The average molecular weight is 429 g/mol. The molecule has 0 aromatic rings. The van der Waals surface area contributed by atoms with Gasteiger partial charge >= 0.3 is 0 Å². The summed E-state index contributed by atoms with van der Waals surface area (Å²) < 4.78 is 6.40. The first-order valence-electron chi connectivity index (χ1n) is 13.7. The highest BCUT2D eigenvalue weighted by Gasteiger charge is 2.61. The molecule has 2 heteroatoms. The van der Waals surface area contributed by atoms with Crippen LogP contribution in [0.1, 0.15) is 99.3 Å². The fourth-order valence-corrected chi connectivity index (χ4v) is 9.76. The molecule has 2 unspecified atom stereocenters. The van der Waals surface area contributed by atoms with Crippen molar-refractivity contribution >= 4 is 0 Å². The number of rotatable bonds is 5. The highest BCUT2D eigenvalue weighted by atomic mass is 16.6. The van der Waals surface area contributed by atoms with E-state index in [1.54, 1.807) is 5.57 Å². The molecule has 1 aliphatic heterocycles. The Morgan fingerprint density at radius 3 is 2.52 bits per heavy atom. The zero-order valence-corrected chi connectivity index (χ0v) is 21.1. The first-order chi connectivity index (χ1) is 14.7. The van der Waals surface area contributed by atoms with Gasteiger partial charge in [0.15, 0.2) is 0 Å². The second-order valence-corrected chi connectivity index (χ2v) is 13.1. The maximum absolute atomic E-state index is 10.3. The van der Waals surface area contributed by atoms with Gasteiger partial charge in [0.2, 0.25) is 0 Å². The van der Waals surface area contributed by atoms with Crippen molar-refractivity contribution in [3.8, 4) is 0 Å². The molecule has 11 atom stereocenters. The van der Waals surface area contributed by atoms with Crippen LogP contribution < -0.4 is 0 Å². The molecule has 3 saturated carbocycles. The third kappa shape index (κ3) is 3.40. The quantitative estimate of drug-likeness (QED) is 0.377. The molecule has 4 fully saturated rings. The van der Waals surface area contributed by atoms with Crippen LogP contribution in [0, 0.1) is 52.3 Å². The lowest BCUT2D eigenvalue weighted by Crippen LogP contribution is -2.51. The lowest BCUT2D eigenvalue weighted by molar-refractivity contribution is -0.0582. The highest BCUT2D eigenvalue weighted by Crippen LogP contribution is 2.68. The number of fused-ring (bicyclic) bond motifs is 5. The molecular formula is C29H48O2. The smallest absolute Gasteiger partial charge is 0.0875 e. The first-order valence-corrected chi connectivity index (χ1v) is 13.7. The molecule has 176 valence electrons. The molecule has 0 radical (unpaired) electrons. The summed E-state index contributed by atoms with van der Waals surface area (Å²) in [5, 5.41) is 10.3. The van der Waals surface area contributed by atoms with E-state index in [-0.39, 0.29) is 6.10 Å². The van der Waals surface area contributed by atoms with Gasteiger partial charge in [0.05, 0.1) is 18.3 Å². The largest absolute Gasteiger partial charge is 0.393 e. The standard InChI is InChI=1S/C29H48O2/c1-7-21(17(2)3)27-26(31-27)18(4)23-10-11-24-22-9-8-19-16-20(30)12-14-28(19,5)25(22)13-15-29(23,24)6/h8,17-18,20-27,30H,7,9-16H2,1-6H3/t18?,20-,21?,22-,23+,24-,25-,26-,27-,28-,29+/m0/s1. The molecule has 0 aromatic heterocycles. The summed E-state index contributed by atoms with van der Waals surface area (Å²) in [5.41, 5.74) is 2.48. The summed E-state index contributed by atoms with van der Waals surface area (Å²) in [5.74, 6) is 5.62. The van der Waals surface area contributed by atoms with Gasteiger partial charge in [-0.25, -0.2) is 0 Å². The molecule has 5 aliphatic rings. The van der Waals surface area contributed by atoms with E-state index in [2.05, 4.69) is 47.6 Å². The lowest BCUT2D eigenvalue weighted by Gasteiger charge is -2.58. The van der Waals surface area contributed by atoms with Gasteiger partial charge in [0.25, 0.3) is 0 Å². The predicted octanol–water partition coefficient (Wildman–Crippen LogP) is 7.01. The second kappa shape index (κ2) is 7.86. The summed E-state index contributed by atoms with van der Waals surface area (Å²) in [4.78, 5) is 0. The van der Waals surface area contributed by atoms with Gasteiger partial charge in [-0.15, -0.1) is 0 Å². The molecule has 0 aromatic carbocycles. The number of ether oxygens (including phenoxy) is 1. The number of epoxide rings is 1. The van der Waals surface area contributed by atoms with Crippen molar-refractivity contribution in [2.24, 2.45) is 52.3 Å². The van der Waals surface area contributed by atoms with Crippen molar-refractivity contribution in [2.45, 2.75) is 118 Å². The maximum atomic E-state index is 10.3.